The van der Waals surface area contributed by atoms with E-state index in [2.05, 4.69) is 0 Å². The number of carbonyl (C=O) groups is 3. The molecule has 5 nitrogen and oxygen atoms in total. The summed E-state index contributed by atoms with van der Waals surface area (Å²) in [5.41, 5.74) is 1.46. The summed E-state index contributed by atoms with van der Waals surface area (Å²) < 4.78 is 14.3. The van der Waals surface area contributed by atoms with Crippen LogP contribution in [0.3, 0.4) is 0 Å². The van der Waals surface area contributed by atoms with Gasteiger partial charge in [-0.3, -0.25) is 14.4 Å². The van der Waals surface area contributed by atoms with Crippen LogP contribution in [0.5, 0.6) is 0 Å². The van der Waals surface area contributed by atoms with Gasteiger partial charge in [0.05, 0.1) is 17.7 Å². The summed E-state index contributed by atoms with van der Waals surface area (Å²) >= 11 is 0. The second-order valence-corrected chi connectivity index (χ2v) is 7.75. The van der Waals surface area contributed by atoms with Gasteiger partial charge in [-0.15, -0.1) is 0 Å². The van der Waals surface area contributed by atoms with E-state index in [-0.39, 0.29) is 23.9 Å². The number of hydrogen-bond donors (Lipinski definition) is 0. The van der Waals surface area contributed by atoms with Crippen LogP contribution in [0.4, 0.5) is 10.1 Å². The zero-order valence-electron chi connectivity index (χ0n) is 16.3. The van der Waals surface area contributed by atoms with Crippen LogP contribution in [0.2, 0.25) is 0 Å². The largest absolute Gasteiger partial charge is 0.323 e. The quantitative estimate of drug-likeness (QED) is 0.740. The van der Waals surface area contributed by atoms with Gasteiger partial charge in [0.1, 0.15) is 11.9 Å². The zero-order chi connectivity index (χ0) is 20.5. The SMILES string of the molecule is Cc1ccc(N2C(=O)CC(N(C(=O)c3ccccc3F)C3CCCC3)C2=O)cc1. The number of anilines is 1. The Hall–Kier alpha value is -3.02. The number of nitrogens with zero attached hydrogens (tertiary/aromatic N) is 2. The summed E-state index contributed by atoms with van der Waals surface area (Å²) in [7, 11) is 0. The van der Waals surface area contributed by atoms with Crippen molar-refractivity contribution in [2.45, 2.75) is 51.1 Å². The lowest BCUT2D eigenvalue weighted by Crippen LogP contribution is -2.50. The van der Waals surface area contributed by atoms with Crippen molar-refractivity contribution in [2.75, 3.05) is 4.90 Å². The van der Waals surface area contributed by atoms with Crippen molar-refractivity contribution in [3.8, 4) is 0 Å². The number of carbonyl (C=O) groups excluding carboxylic acids is 3. The molecule has 1 aliphatic heterocycles. The molecule has 1 saturated carbocycles. The van der Waals surface area contributed by atoms with Gasteiger partial charge in [0, 0.05) is 6.04 Å². The first-order valence-electron chi connectivity index (χ1n) is 9.98. The Labute approximate surface area is 169 Å². The minimum Gasteiger partial charge on any atom is -0.323 e. The van der Waals surface area contributed by atoms with E-state index in [1.807, 2.05) is 19.1 Å². The topological polar surface area (TPSA) is 57.7 Å². The Kier molecular flexibility index (Phi) is 5.18. The highest BCUT2D eigenvalue weighted by Gasteiger charge is 2.47. The van der Waals surface area contributed by atoms with Crippen LogP contribution in [0.15, 0.2) is 48.5 Å². The van der Waals surface area contributed by atoms with E-state index in [1.165, 1.54) is 23.1 Å². The van der Waals surface area contributed by atoms with E-state index >= 15 is 0 Å². The third kappa shape index (κ3) is 3.55. The van der Waals surface area contributed by atoms with Crippen LogP contribution >= 0.6 is 0 Å². The van der Waals surface area contributed by atoms with Crippen LogP contribution in [0.1, 0.15) is 48.0 Å². The molecule has 2 fully saturated rings. The van der Waals surface area contributed by atoms with Gasteiger partial charge in [-0.1, -0.05) is 42.7 Å². The number of amides is 3. The van der Waals surface area contributed by atoms with Gasteiger partial charge < -0.3 is 4.90 Å². The van der Waals surface area contributed by atoms with E-state index in [1.54, 1.807) is 18.2 Å². The van der Waals surface area contributed by atoms with Crippen LogP contribution < -0.4 is 4.90 Å². The fraction of sp³-hybridized carbons (Fsp3) is 0.348. The smallest absolute Gasteiger partial charge is 0.257 e. The van der Waals surface area contributed by atoms with Gasteiger partial charge in [0.2, 0.25) is 5.91 Å². The Morgan fingerprint density at radius 1 is 1.03 bits per heavy atom. The predicted octanol–water partition coefficient (Wildman–Crippen LogP) is 3.85. The molecule has 1 atom stereocenters. The first kappa shape index (κ1) is 19.3. The lowest BCUT2D eigenvalue weighted by atomic mass is 10.1. The van der Waals surface area contributed by atoms with Crippen LogP contribution in [-0.2, 0) is 9.59 Å². The zero-order valence-corrected chi connectivity index (χ0v) is 16.3. The van der Waals surface area contributed by atoms with Gasteiger partial charge in [-0.25, -0.2) is 9.29 Å². The lowest BCUT2D eigenvalue weighted by Gasteiger charge is -2.33. The summed E-state index contributed by atoms with van der Waals surface area (Å²) in [6.45, 7) is 1.93. The monoisotopic (exact) mass is 394 g/mol. The highest BCUT2D eigenvalue weighted by Crippen LogP contribution is 2.33. The highest BCUT2D eigenvalue weighted by molar-refractivity contribution is 6.23. The number of rotatable bonds is 4. The molecule has 1 heterocycles. The molecule has 0 aromatic heterocycles. The lowest BCUT2D eigenvalue weighted by molar-refractivity contribution is -0.123. The van der Waals surface area contributed by atoms with E-state index in [4.69, 9.17) is 0 Å². The Balaban J connectivity index is 1.69. The standard InChI is InChI=1S/C23H23FN2O3/c1-15-10-12-17(13-11-15)26-21(27)14-20(23(26)29)25(16-6-2-3-7-16)22(28)18-8-4-5-9-19(18)24/h4-5,8-13,16,20H,2-3,6-7,14H2,1H3. The molecule has 6 heteroatoms. The average Bonchev–Trinajstić information content (AvgIpc) is 3.32. The van der Waals surface area contributed by atoms with Crippen molar-refractivity contribution in [3.63, 3.8) is 0 Å². The third-order valence-corrected chi connectivity index (χ3v) is 5.81. The molecule has 0 N–H and O–H groups in total. The summed E-state index contributed by atoms with van der Waals surface area (Å²) in [5.74, 6) is -1.90. The summed E-state index contributed by atoms with van der Waals surface area (Å²) in [4.78, 5) is 41.9. The fourth-order valence-corrected chi connectivity index (χ4v) is 4.32. The number of aryl methyl sites for hydroxylation is 1. The summed E-state index contributed by atoms with van der Waals surface area (Å²) in [6, 6.07) is 11.8. The number of halogens is 1. The molecule has 2 aromatic rings. The molecular weight excluding hydrogens is 371 g/mol. The van der Waals surface area contributed by atoms with Gasteiger partial charge in [-0.2, -0.15) is 0 Å². The van der Waals surface area contributed by atoms with E-state index < -0.39 is 23.7 Å². The molecule has 0 radical (unpaired) electrons. The maximum atomic E-state index is 14.3. The van der Waals surface area contributed by atoms with Crippen molar-refractivity contribution in [2.24, 2.45) is 0 Å². The van der Waals surface area contributed by atoms with Crippen molar-refractivity contribution in [1.82, 2.24) is 4.90 Å². The molecule has 1 aliphatic carbocycles. The second-order valence-electron chi connectivity index (χ2n) is 7.75. The molecule has 1 saturated heterocycles. The summed E-state index contributed by atoms with van der Waals surface area (Å²) in [5, 5.41) is 0. The molecule has 2 aliphatic rings. The summed E-state index contributed by atoms with van der Waals surface area (Å²) in [6.07, 6.45) is 3.32. The molecule has 150 valence electrons. The molecule has 3 amide bonds. The number of benzene rings is 2. The van der Waals surface area contributed by atoms with Crippen molar-refractivity contribution < 1.29 is 18.8 Å². The molecule has 29 heavy (non-hydrogen) atoms. The first-order chi connectivity index (χ1) is 14.0. The van der Waals surface area contributed by atoms with E-state index in [0.717, 1.165) is 36.1 Å². The van der Waals surface area contributed by atoms with Crippen LogP contribution in [0, 0.1) is 12.7 Å². The molecule has 4 rings (SSSR count). The minimum absolute atomic E-state index is 0.0616. The van der Waals surface area contributed by atoms with Gasteiger partial charge in [0.15, 0.2) is 0 Å². The molecule has 0 bridgehead atoms. The minimum atomic E-state index is -0.904. The Morgan fingerprint density at radius 2 is 1.69 bits per heavy atom. The molecular formula is C23H23FN2O3. The first-order valence-corrected chi connectivity index (χ1v) is 9.98. The second kappa shape index (κ2) is 7.78. The maximum absolute atomic E-state index is 14.3. The van der Waals surface area contributed by atoms with Crippen molar-refractivity contribution >= 4 is 23.4 Å². The molecule has 1 unspecified atom stereocenters. The van der Waals surface area contributed by atoms with E-state index in [0.29, 0.717) is 5.69 Å². The number of hydrogen-bond acceptors (Lipinski definition) is 3. The highest BCUT2D eigenvalue weighted by atomic mass is 19.1. The Bertz CT molecular complexity index is 951. The molecule has 0 spiro atoms. The molecule has 2 aromatic carbocycles. The maximum Gasteiger partial charge on any atom is 0.257 e. The van der Waals surface area contributed by atoms with Crippen molar-refractivity contribution in [1.29, 1.82) is 0 Å². The van der Waals surface area contributed by atoms with Gasteiger partial charge >= 0.3 is 0 Å². The van der Waals surface area contributed by atoms with Crippen LogP contribution in [0.25, 0.3) is 0 Å². The third-order valence-electron chi connectivity index (χ3n) is 5.81. The number of imide groups is 1. The average molecular weight is 394 g/mol. The predicted molar refractivity (Wildman–Crippen MR) is 107 cm³/mol. The normalized spacial score (nSPS) is 19.8. The van der Waals surface area contributed by atoms with Crippen molar-refractivity contribution in [3.05, 3.63) is 65.5 Å². The van der Waals surface area contributed by atoms with E-state index in [9.17, 15) is 18.8 Å². The van der Waals surface area contributed by atoms with Crippen LogP contribution in [-0.4, -0.2) is 34.7 Å². The Morgan fingerprint density at radius 3 is 2.34 bits per heavy atom. The van der Waals surface area contributed by atoms with Gasteiger partial charge in [0.25, 0.3) is 11.8 Å². The van der Waals surface area contributed by atoms with Gasteiger partial charge in [-0.05, 0) is 44.0 Å². The fourth-order valence-electron chi connectivity index (χ4n) is 4.32.